The minimum absolute atomic E-state index is 0.398. The Balaban J connectivity index is 1.99. The molecule has 4 rings (SSSR count). The van der Waals surface area contributed by atoms with Crippen LogP contribution in [0.4, 0.5) is 0 Å². The summed E-state index contributed by atoms with van der Waals surface area (Å²) in [7, 11) is 0. The van der Waals surface area contributed by atoms with Crippen LogP contribution in [0.2, 0.25) is 0 Å². The molecule has 3 heterocycles. The molecule has 4 aromatic rings. The van der Waals surface area contributed by atoms with Crippen molar-refractivity contribution in [1.29, 1.82) is 0 Å². The molecule has 0 fully saturated rings. The van der Waals surface area contributed by atoms with Crippen molar-refractivity contribution >= 4 is 27.4 Å². The Morgan fingerprint density at radius 1 is 1.39 bits per heavy atom. The van der Waals surface area contributed by atoms with Crippen LogP contribution in [0.5, 0.6) is 0 Å². The molecular weight excluding hydrogens is 312 g/mol. The molecule has 3 aromatic heterocycles. The van der Waals surface area contributed by atoms with E-state index in [1.165, 1.54) is 10.6 Å². The number of rotatable bonds is 3. The third-order valence-electron chi connectivity index (χ3n) is 4.09. The summed E-state index contributed by atoms with van der Waals surface area (Å²) >= 11 is 1.67. The number of aryl methyl sites for hydroxylation is 2. The summed E-state index contributed by atoms with van der Waals surface area (Å²) in [5.74, 6) is -0.453. The van der Waals surface area contributed by atoms with Gasteiger partial charge >= 0.3 is 5.76 Å². The first kappa shape index (κ1) is 14.2. The van der Waals surface area contributed by atoms with Crippen molar-refractivity contribution in [3.8, 4) is 11.3 Å². The van der Waals surface area contributed by atoms with Gasteiger partial charge in [-0.2, -0.15) is 0 Å². The lowest BCUT2D eigenvalue weighted by Crippen LogP contribution is -2.04. The van der Waals surface area contributed by atoms with Gasteiger partial charge in [-0.15, -0.1) is 11.3 Å². The van der Waals surface area contributed by atoms with Crippen molar-refractivity contribution in [2.45, 2.75) is 26.8 Å². The van der Waals surface area contributed by atoms with Crippen LogP contribution < -0.4 is 11.5 Å². The first-order valence-electron chi connectivity index (χ1n) is 7.45. The predicted octanol–water partition coefficient (Wildman–Crippen LogP) is 2.83. The van der Waals surface area contributed by atoms with E-state index in [2.05, 4.69) is 23.2 Å². The van der Waals surface area contributed by atoms with E-state index in [1.807, 2.05) is 18.2 Å². The number of aromatic amines is 1. The van der Waals surface area contributed by atoms with E-state index in [9.17, 15) is 4.79 Å². The maximum Gasteiger partial charge on any atom is 0.417 e. The van der Waals surface area contributed by atoms with Crippen LogP contribution in [0.25, 0.3) is 27.3 Å². The van der Waals surface area contributed by atoms with Crippen LogP contribution in [0, 0.1) is 6.92 Å². The van der Waals surface area contributed by atoms with Gasteiger partial charge in [0.25, 0.3) is 0 Å². The van der Waals surface area contributed by atoms with Crippen molar-refractivity contribution < 1.29 is 4.42 Å². The first-order valence-corrected chi connectivity index (χ1v) is 8.27. The maximum atomic E-state index is 11.3. The van der Waals surface area contributed by atoms with Gasteiger partial charge in [-0.25, -0.2) is 9.78 Å². The van der Waals surface area contributed by atoms with Crippen molar-refractivity contribution in [2.75, 3.05) is 0 Å². The topological polar surface area (TPSA) is 89.3 Å². The summed E-state index contributed by atoms with van der Waals surface area (Å²) in [4.78, 5) is 20.9. The maximum absolute atomic E-state index is 11.3. The zero-order valence-corrected chi connectivity index (χ0v) is 13.7. The molecule has 0 radical (unpaired) electrons. The molecule has 0 aliphatic heterocycles. The number of oxazole rings is 1. The third kappa shape index (κ3) is 2.04. The third-order valence-corrected chi connectivity index (χ3v) is 5.08. The van der Waals surface area contributed by atoms with Crippen molar-refractivity contribution in [3.05, 3.63) is 45.0 Å². The molecule has 6 nitrogen and oxygen atoms in total. The van der Waals surface area contributed by atoms with E-state index in [0.29, 0.717) is 17.6 Å². The van der Waals surface area contributed by atoms with E-state index in [1.54, 1.807) is 11.3 Å². The number of fused-ring (bicyclic) bond motifs is 2. The molecule has 0 bridgehead atoms. The average molecular weight is 328 g/mol. The number of nitrogens with two attached hydrogens (primary N) is 1. The number of imidazole rings is 1. The second-order valence-corrected chi connectivity index (χ2v) is 6.59. The molecule has 0 aliphatic rings. The Bertz CT molecular complexity index is 1080. The lowest BCUT2D eigenvalue weighted by molar-refractivity contribution is 0.555. The molecule has 0 amide bonds. The number of hydrogen-bond donors (Lipinski definition) is 2. The van der Waals surface area contributed by atoms with Gasteiger partial charge in [-0.05, 0) is 25.5 Å². The van der Waals surface area contributed by atoms with Crippen LogP contribution in [0.15, 0.2) is 27.4 Å². The fourth-order valence-electron chi connectivity index (χ4n) is 3.05. The summed E-state index contributed by atoms with van der Waals surface area (Å²) in [5, 5.41) is 0. The summed E-state index contributed by atoms with van der Waals surface area (Å²) in [6.07, 6.45) is 0.931. The molecule has 3 N–H and O–H groups in total. The normalized spacial score (nSPS) is 11.8. The monoisotopic (exact) mass is 328 g/mol. The summed E-state index contributed by atoms with van der Waals surface area (Å²) in [6.45, 7) is 4.64. The Labute approximate surface area is 135 Å². The van der Waals surface area contributed by atoms with Crippen molar-refractivity contribution in [1.82, 2.24) is 14.4 Å². The first-order chi connectivity index (χ1) is 11.1. The van der Waals surface area contributed by atoms with Crippen LogP contribution in [-0.4, -0.2) is 14.4 Å². The van der Waals surface area contributed by atoms with Crippen LogP contribution >= 0.6 is 11.3 Å². The minimum atomic E-state index is -0.453. The largest absolute Gasteiger partial charge is 0.417 e. The Morgan fingerprint density at radius 3 is 2.96 bits per heavy atom. The number of thiazole rings is 1. The second-order valence-electron chi connectivity index (χ2n) is 5.41. The van der Waals surface area contributed by atoms with Gasteiger partial charge in [0.05, 0.1) is 16.9 Å². The van der Waals surface area contributed by atoms with E-state index in [-0.39, 0.29) is 0 Å². The number of H-pyrrole nitrogens is 1. The molecule has 1 aromatic carbocycles. The number of aromatic nitrogens is 3. The Kier molecular flexibility index (Phi) is 3.14. The molecule has 0 saturated heterocycles. The lowest BCUT2D eigenvalue weighted by atomic mass is 10.1. The zero-order chi connectivity index (χ0) is 16.1. The van der Waals surface area contributed by atoms with E-state index >= 15 is 0 Å². The average Bonchev–Trinajstić information content (AvgIpc) is 3.15. The van der Waals surface area contributed by atoms with Crippen LogP contribution in [0.1, 0.15) is 23.2 Å². The molecule has 7 heteroatoms. The Morgan fingerprint density at radius 2 is 2.22 bits per heavy atom. The molecule has 118 valence electrons. The molecule has 0 unspecified atom stereocenters. The van der Waals surface area contributed by atoms with Crippen molar-refractivity contribution in [3.63, 3.8) is 0 Å². The molecule has 0 aliphatic carbocycles. The predicted molar refractivity (Wildman–Crippen MR) is 90.9 cm³/mol. The molecular formula is C16H16N4O2S. The van der Waals surface area contributed by atoms with Gasteiger partial charge in [-0.3, -0.25) is 9.38 Å². The zero-order valence-electron chi connectivity index (χ0n) is 12.8. The van der Waals surface area contributed by atoms with E-state index < -0.39 is 5.76 Å². The highest BCUT2D eigenvalue weighted by atomic mass is 32.1. The highest BCUT2D eigenvalue weighted by Gasteiger charge is 2.19. The number of hydrogen-bond acceptors (Lipinski definition) is 5. The van der Waals surface area contributed by atoms with Gasteiger partial charge in [0.1, 0.15) is 0 Å². The van der Waals surface area contributed by atoms with Gasteiger partial charge in [0, 0.05) is 22.7 Å². The molecule has 0 atom stereocenters. The fraction of sp³-hybridized carbons (Fsp3) is 0.250. The SMILES string of the molecule is CCc1c(C)sc2nc(-c3ccc4[nH]c(=O)oc4c3)c(CN)n12. The van der Waals surface area contributed by atoms with Crippen molar-refractivity contribution in [2.24, 2.45) is 5.73 Å². The second kappa shape index (κ2) is 5.07. The molecule has 0 saturated carbocycles. The number of benzene rings is 1. The summed E-state index contributed by atoms with van der Waals surface area (Å²) in [5.41, 5.74) is 11.2. The van der Waals surface area contributed by atoms with Gasteiger partial charge in [-0.1, -0.05) is 13.0 Å². The highest BCUT2D eigenvalue weighted by molar-refractivity contribution is 7.17. The highest BCUT2D eigenvalue weighted by Crippen LogP contribution is 2.32. The Hall–Kier alpha value is -2.38. The van der Waals surface area contributed by atoms with Crippen LogP contribution in [-0.2, 0) is 13.0 Å². The van der Waals surface area contributed by atoms with E-state index in [4.69, 9.17) is 15.1 Å². The van der Waals surface area contributed by atoms with Gasteiger partial charge < -0.3 is 10.2 Å². The summed E-state index contributed by atoms with van der Waals surface area (Å²) < 4.78 is 7.31. The standard InChI is InChI=1S/C16H16N4O2S/c1-3-11-8(2)23-15-19-14(12(7-17)20(11)15)9-4-5-10-13(6-9)22-16(21)18-10/h4-6H,3,7,17H2,1-2H3,(H,18,21). The number of nitrogens with zero attached hydrogens (tertiary/aromatic N) is 2. The minimum Gasteiger partial charge on any atom is -0.408 e. The van der Waals surface area contributed by atoms with Gasteiger partial charge in [0.2, 0.25) is 0 Å². The van der Waals surface area contributed by atoms with E-state index in [0.717, 1.165) is 28.3 Å². The quantitative estimate of drug-likeness (QED) is 0.605. The fourth-order valence-corrected chi connectivity index (χ4v) is 4.13. The lowest BCUT2D eigenvalue weighted by Gasteiger charge is -2.04. The smallest absolute Gasteiger partial charge is 0.408 e. The molecule has 23 heavy (non-hydrogen) atoms. The number of nitrogens with one attached hydrogen (secondary N) is 1. The summed E-state index contributed by atoms with van der Waals surface area (Å²) in [6, 6.07) is 5.59. The van der Waals surface area contributed by atoms with Crippen LogP contribution in [0.3, 0.4) is 0 Å². The van der Waals surface area contributed by atoms with Gasteiger partial charge in [0.15, 0.2) is 10.5 Å². The molecule has 0 spiro atoms.